The second kappa shape index (κ2) is 32.7. The van der Waals surface area contributed by atoms with Crippen LogP contribution in [0.5, 0.6) is 34.5 Å². The average molecular weight is 1390 g/mol. The highest BCUT2D eigenvalue weighted by Gasteiger charge is 2.43. The zero-order valence-electron chi connectivity index (χ0n) is 57.7. The SMILES string of the molecule is C=C1C[C@@H](CC)N(C(=O)c2cc(C)c(OCCCOc3cc([N+](=O)[O-])c(C(=O)N4CC(=C)C[C@H]4CO[Si](C)(C)C(C)(C)C)cc3OC)cc2[N+](=O)[O-])C1.C=C1C[C@@H](CO)N(C(=O)c2cc(C)c(OCCCOc3cc([N+](=O)[O-])c(C(=O)N4CC(=C)C[C@H]4CO)cc3OC)cc2[N+](=O)[O-])C1. The molecule has 534 valence electrons. The maximum absolute atomic E-state index is 13.9. The molecule has 0 radical (unpaired) electrons. The van der Waals surface area contributed by atoms with Gasteiger partial charge in [0, 0.05) is 57.2 Å². The number of hydrogen-bond donors (Lipinski definition) is 2. The minimum atomic E-state index is -2.12. The summed E-state index contributed by atoms with van der Waals surface area (Å²) in [5.41, 5.74) is 2.08. The molecule has 4 fully saturated rings. The lowest BCUT2D eigenvalue weighted by Crippen LogP contribution is -2.46. The van der Waals surface area contributed by atoms with Crippen LogP contribution in [0, 0.1) is 54.3 Å². The first-order valence-corrected chi connectivity index (χ1v) is 35.2. The summed E-state index contributed by atoms with van der Waals surface area (Å²) < 4.78 is 40.5. The molecule has 4 heterocycles. The van der Waals surface area contributed by atoms with Gasteiger partial charge in [-0.1, -0.05) is 76.3 Å². The van der Waals surface area contributed by atoms with Crippen molar-refractivity contribution in [1.29, 1.82) is 0 Å². The third-order valence-electron chi connectivity index (χ3n) is 18.3. The monoisotopic (exact) mass is 1390 g/mol. The van der Waals surface area contributed by atoms with E-state index in [1.807, 2.05) is 6.92 Å². The number of carbonyl (C=O) groups excluding carboxylic acids is 4. The Hall–Kier alpha value is -9.78. The van der Waals surface area contributed by atoms with Crippen LogP contribution in [-0.4, -0.2) is 192 Å². The molecule has 4 saturated heterocycles. The van der Waals surface area contributed by atoms with Gasteiger partial charge in [-0.05, 0) is 87.3 Å². The van der Waals surface area contributed by atoms with Gasteiger partial charge in [0.2, 0.25) is 0 Å². The second-order valence-electron chi connectivity index (χ2n) is 26.4. The number of amides is 4. The van der Waals surface area contributed by atoms with Gasteiger partial charge in [-0.2, -0.15) is 0 Å². The molecule has 0 bridgehead atoms. The molecule has 0 aromatic heterocycles. The summed E-state index contributed by atoms with van der Waals surface area (Å²) in [5.74, 6) is -1.39. The second-order valence-corrected chi connectivity index (χ2v) is 31.3. The molecule has 4 amide bonds. The van der Waals surface area contributed by atoms with Gasteiger partial charge in [0.25, 0.3) is 46.4 Å². The van der Waals surface area contributed by atoms with Gasteiger partial charge >= 0.3 is 0 Å². The van der Waals surface area contributed by atoms with E-state index in [1.165, 1.54) is 66.5 Å². The van der Waals surface area contributed by atoms with Crippen molar-refractivity contribution in [2.75, 3.05) is 86.6 Å². The molecular weight excluding hydrogens is 1300 g/mol. The van der Waals surface area contributed by atoms with Gasteiger partial charge in [0.1, 0.15) is 33.8 Å². The highest BCUT2D eigenvalue weighted by atomic mass is 28.4. The lowest BCUT2D eigenvalue weighted by atomic mass is 10.1. The van der Waals surface area contributed by atoms with Crippen LogP contribution < -0.4 is 28.4 Å². The predicted molar refractivity (Wildman–Crippen MR) is 368 cm³/mol. The Labute approximate surface area is 574 Å². The molecule has 4 aromatic carbocycles. The predicted octanol–water partition coefficient (Wildman–Crippen LogP) is 10.8. The Morgan fingerprint density at radius 1 is 0.485 bits per heavy atom. The fourth-order valence-electron chi connectivity index (χ4n) is 11.9. The number of nitrogens with zero attached hydrogens (tertiary/aromatic N) is 8. The summed E-state index contributed by atoms with van der Waals surface area (Å²) in [7, 11) is 0.589. The molecule has 0 saturated carbocycles. The molecule has 0 aliphatic carbocycles. The van der Waals surface area contributed by atoms with E-state index in [1.54, 1.807) is 23.6 Å². The number of nitro groups is 4. The van der Waals surface area contributed by atoms with Crippen molar-refractivity contribution in [3.63, 3.8) is 0 Å². The normalized spacial score (nSPS) is 17.7. The largest absolute Gasteiger partial charge is 0.493 e. The van der Waals surface area contributed by atoms with Crippen LogP contribution in [-0.2, 0) is 4.43 Å². The molecular formula is C69H88N8O21Si. The number of rotatable bonds is 28. The van der Waals surface area contributed by atoms with Crippen LogP contribution in [0.1, 0.15) is 125 Å². The zero-order valence-corrected chi connectivity index (χ0v) is 58.7. The number of carbonyl (C=O) groups is 4. The number of methoxy groups -OCH3 is 2. The van der Waals surface area contributed by atoms with E-state index in [9.17, 15) is 69.8 Å². The summed E-state index contributed by atoms with van der Waals surface area (Å²) in [6.45, 7) is 32.7. The van der Waals surface area contributed by atoms with Gasteiger partial charge < -0.3 is 62.7 Å². The first-order valence-electron chi connectivity index (χ1n) is 32.3. The molecule has 4 aliphatic rings. The summed E-state index contributed by atoms with van der Waals surface area (Å²) in [6, 6.07) is 8.74. The molecule has 99 heavy (non-hydrogen) atoms. The first kappa shape index (κ1) is 76.6. The number of ether oxygens (including phenoxy) is 6. The van der Waals surface area contributed by atoms with E-state index in [-0.39, 0.29) is 145 Å². The van der Waals surface area contributed by atoms with E-state index in [0.717, 1.165) is 28.4 Å². The van der Waals surface area contributed by atoms with Gasteiger partial charge in [0.15, 0.2) is 31.3 Å². The van der Waals surface area contributed by atoms with Crippen LogP contribution in [0.15, 0.2) is 97.1 Å². The Morgan fingerprint density at radius 2 is 0.768 bits per heavy atom. The molecule has 2 N–H and O–H groups in total. The fraction of sp³-hybridized carbons (Fsp3) is 0.478. The number of benzene rings is 4. The van der Waals surface area contributed by atoms with Crippen molar-refractivity contribution < 1.29 is 81.9 Å². The van der Waals surface area contributed by atoms with Crippen LogP contribution >= 0.6 is 0 Å². The van der Waals surface area contributed by atoms with Crippen LogP contribution in [0.4, 0.5) is 22.7 Å². The Morgan fingerprint density at radius 3 is 1.07 bits per heavy atom. The molecule has 0 unspecified atom stereocenters. The number of likely N-dealkylation sites (tertiary alicyclic amines) is 4. The topological polar surface area (TPSA) is 359 Å². The number of nitro benzene ring substituents is 4. The van der Waals surface area contributed by atoms with Crippen LogP contribution in [0.25, 0.3) is 0 Å². The van der Waals surface area contributed by atoms with E-state index < -0.39 is 80.8 Å². The third kappa shape index (κ3) is 17.9. The van der Waals surface area contributed by atoms with Crippen LogP contribution in [0.3, 0.4) is 0 Å². The Bertz CT molecular complexity index is 3850. The van der Waals surface area contributed by atoms with Crippen LogP contribution in [0.2, 0.25) is 18.1 Å². The van der Waals surface area contributed by atoms with Crippen molar-refractivity contribution in [1.82, 2.24) is 19.6 Å². The average Bonchev–Trinajstić information content (AvgIpc) is 1.79. The van der Waals surface area contributed by atoms with E-state index in [4.69, 9.17) is 32.8 Å². The number of aryl methyl sites for hydroxylation is 2. The minimum Gasteiger partial charge on any atom is -0.493 e. The van der Waals surface area contributed by atoms with Gasteiger partial charge in [-0.3, -0.25) is 59.6 Å². The third-order valence-corrected chi connectivity index (χ3v) is 22.8. The highest BCUT2D eigenvalue weighted by molar-refractivity contribution is 6.74. The molecule has 30 heteroatoms. The lowest BCUT2D eigenvalue weighted by Gasteiger charge is -2.38. The summed E-state index contributed by atoms with van der Waals surface area (Å²) >= 11 is 0. The van der Waals surface area contributed by atoms with Crippen molar-refractivity contribution in [2.45, 2.75) is 129 Å². The molecule has 29 nitrogen and oxygen atoms in total. The maximum atomic E-state index is 13.9. The number of aliphatic hydroxyl groups is 2. The summed E-state index contributed by atoms with van der Waals surface area (Å²) in [4.78, 5) is 105. The molecule has 4 aromatic rings. The van der Waals surface area contributed by atoms with E-state index in [2.05, 4.69) is 60.2 Å². The quantitative estimate of drug-likeness (QED) is 0.0175. The van der Waals surface area contributed by atoms with E-state index >= 15 is 0 Å². The lowest BCUT2D eigenvalue weighted by molar-refractivity contribution is -0.385. The highest BCUT2D eigenvalue weighted by Crippen LogP contribution is 2.42. The molecule has 4 atom stereocenters. The minimum absolute atomic E-state index is 0.00313. The molecule has 0 spiro atoms. The molecule has 4 aliphatic heterocycles. The number of aliphatic hydroxyl groups excluding tert-OH is 2. The Balaban J connectivity index is 0.000000281. The van der Waals surface area contributed by atoms with Gasteiger partial charge in [0.05, 0.1) is 123 Å². The number of hydrogen-bond acceptors (Lipinski definition) is 21. The van der Waals surface area contributed by atoms with E-state index in [0.29, 0.717) is 62.8 Å². The first-order chi connectivity index (χ1) is 46.7. The summed E-state index contributed by atoms with van der Waals surface area (Å²) in [6.07, 6.45) is 3.29. The van der Waals surface area contributed by atoms with Crippen molar-refractivity contribution >= 4 is 54.7 Å². The fourth-order valence-corrected chi connectivity index (χ4v) is 12.9. The maximum Gasteiger partial charge on any atom is 0.286 e. The Kier molecular flexibility index (Phi) is 25.3. The zero-order chi connectivity index (χ0) is 73.1. The van der Waals surface area contributed by atoms with Crippen molar-refractivity contribution in [3.8, 4) is 34.5 Å². The summed E-state index contributed by atoms with van der Waals surface area (Å²) in [5, 5.41) is 67.3. The van der Waals surface area contributed by atoms with Crippen molar-refractivity contribution in [2.24, 2.45) is 0 Å². The van der Waals surface area contributed by atoms with Gasteiger partial charge in [-0.25, -0.2) is 0 Å². The molecule has 8 rings (SSSR count). The standard InChI is InChI=1S/C38H52N4O10Si.C31H36N4O11/c1-11-27-15-24(2)21-39(27)36(43)29-17-26(4)33(19-31(29)41(45)46)50-13-12-14-51-35-20-32(42(47)48)30(18-34(35)49-8)37(44)40-22-25(3)16-28(40)23-52-53(9,10)38(5,6)7;1-18-8-21(16-36)32(14-18)30(38)23-10-20(3)27(12-25(23)34(40)41)45-6-5-7-46-29-13-26(35(42)43)24(11-28(29)44-4)31(39)33-15-19(2)9-22(33)17-37/h17-20,27-28H,2-3,11-16,21-23H2,1,4-10H3;10-13,21-22,36-37H,1-2,5-9,14-17H2,3-4H3/t27-,28+;21-,22-/m10/s1. The smallest absolute Gasteiger partial charge is 0.286 e. The van der Waals surface area contributed by atoms with Crippen molar-refractivity contribution in [3.05, 3.63) is 171 Å². The van der Waals surface area contributed by atoms with Gasteiger partial charge in [-0.15, -0.1) is 0 Å².